The highest BCUT2D eigenvalue weighted by Crippen LogP contribution is 2.23. The van der Waals surface area contributed by atoms with Crippen LogP contribution in [0.25, 0.3) is 11.9 Å². The van der Waals surface area contributed by atoms with Crippen molar-refractivity contribution in [3.8, 4) is 11.0 Å². The molecule has 3 heterocycles. The van der Waals surface area contributed by atoms with Gasteiger partial charge < -0.3 is 9.30 Å². The van der Waals surface area contributed by atoms with Crippen molar-refractivity contribution in [2.24, 2.45) is 14.1 Å². The minimum Gasteiger partial charge on any atom is -0.465 e. The molecule has 0 aliphatic heterocycles. The third-order valence-electron chi connectivity index (χ3n) is 3.18. The number of aryl methyl sites for hydroxylation is 2. The number of nitrogens with zero attached hydrogens (tertiary/aromatic N) is 6. The predicted octanol–water partition coefficient (Wildman–Crippen LogP) is 0.983. The minimum atomic E-state index is -0.327. The van der Waals surface area contributed by atoms with Crippen LogP contribution in [0.1, 0.15) is 11.1 Å². The van der Waals surface area contributed by atoms with Gasteiger partial charge in [0.1, 0.15) is 12.4 Å². The molecule has 0 saturated carbocycles. The van der Waals surface area contributed by atoms with Crippen molar-refractivity contribution >= 4 is 17.4 Å². The number of aromatic nitrogens is 6. The summed E-state index contributed by atoms with van der Waals surface area (Å²) in [4.78, 5) is 16.2. The molecule has 0 amide bonds. The summed E-state index contributed by atoms with van der Waals surface area (Å²) in [6, 6.07) is 0. The van der Waals surface area contributed by atoms with Gasteiger partial charge in [-0.3, -0.25) is 0 Å². The van der Waals surface area contributed by atoms with E-state index in [0.717, 1.165) is 11.1 Å². The maximum absolute atomic E-state index is 12.1. The highest BCUT2D eigenvalue weighted by Gasteiger charge is 2.19. The molecular weight excluding hydrogens is 304 g/mol. The van der Waals surface area contributed by atoms with Crippen LogP contribution in [0.3, 0.4) is 0 Å². The Morgan fingerprint density at radius 2 is 2.23 bits per heavy atom. The molecule has 0 N–H and O–H groups in total. The average molecular weight is 318 g/mol. The van der Waals surface area contributed by atoms with Crippen LogP contribution in [0.2, 0.25) is 0 Å². The summed E-state index contributed by atoms with van der Waals surface area (Å²) in [5.74, 6) is 0.601. The monoisotopic (exact) mass is 318 g/mol. The third kappa shape index (κ3) is 2.35. The standard InChI is InChI=1S/C13H14N6O2S/c1-4-9-7-17(2)11(19-13(20)18(3)15-16-19)10(9)8-21-12-14-5-6-22-12/h4-7H,1,8H2,2-3H3. The number of thiazole rings is 1. The second-order valence-electron chi connectivity index (χ2n) is 4.59. The van der Waals surface area contributed by atoms with E-state index in [4.69, 9.17) is 4.74 Å². The maximum atomic E-state index is 12.1. The quantitative estimate of drug-likeness (QED) is 0.701. The molecule has 0 fully saturated rings. The first-order valence-corrected chi connectivity index (χ1v) is 7.32. The lowest BCUT2D eigenvalue weighted by Crippen LogP contribution is -2.24. The highest BCUT2D eigenvalue weighted by molar-refractivity contribution is 7.11. The Kier molecular flexibility index (Phi) is 3.63. The van der Waals surface area contributed by atoms with E-state index >= 15 is 0 Å². The summed E-state index contributed by atoms with van der Waals surface area (Å²) in [6.07, 6.45) is 5.25. The number of ether oxygens (including phenoxy) is 1. The van der Waals surface area contributed by atoms with E-state index in [-0.39, 0.29) is 12.3 Å². The molecule has 0 aliphatic rings. The van der Waals surface area contributed by atoms with Gasteiger partial charge in [-0.05, 0) is 10.4 Å². The minimum absolute atomic E-state index is 0.258. The van der Waals surface area contributed by atoms with Gasteiger partial charge in [0.05, 0.1) is 0 Å². The number of tetrazole rings is 1. The molecule has 0 bridgehead atoms. The molecule has 0 unspecified atom stereocenters. The van der Waals surface area contributed by atoms with Crippen LogP contribution < -0.4 is 10.4 Å². The van der Waals surface area contributed by atoms with Gasteiger partial charge >= 0.3 is 5.69 Å². The zero-order chi connectivity index (χ0) is 15.7. The third-order valence-corrected chi connectivity index (χ3v) is 3.86. The van der Waals surface area contributed by atoms with Crippen molar-refractivity contribution in [3.63, 3.8) is 0 Å². The van der Waals surface area contributed by atoms with Crippen LogP contribution in [-0.2, 0) is 20.7 Å². The van der Waals surface area contributed by atoms with Crippen LogP contribution in [0.15, 0.2) is 29.1 Å². The van der Waals surface area contributed by atoms with Gasteiger partial charge in [0.2, 0.25) is 0 Å². The van der Waals surface area contributed by atoms with Crippen molar-refractivity contribution in [2.45, 2.75) is 6.61 Å². The fourth-order valence-corrected chi connectivity index (χ4v) is 2.64. The SMILES string of the molecule is C=Cc1cn(C)c(-n2nnn(C)c2=O)c1COc1nccs1. The lowest BCUT2D eigenvalue weighted by Gasteiger charge is -2.07. The summed E-state index contributed by atoms with van der Waals surface area (Å²) in [6.45, 7) is 4.06. The van der Waals surface area contributed by atoms with Gasteiger partial charge in [-0.25, -0.2) is 9.78 Å². The van der Waals surface area contributed by atoms with E-state index in [1.165, 1.54) is 20.7 Å². The van der Waals surface area contributed by atoms with Crippen molar-refractivity contribution in [1.29, 1.82) is 0 Å². The molecule has 0 spiro atoms. The Morgan fingerprint density at radius 1 is 1.41 bits per heavy atom. The Labute approximate surface area is 129 Å². The van der Waals surface area contributed by atoms with Crippen LogP contribution in [0, 0.1) is 0 Å². The van der Waals surface area contributed by atoms with E-state index in [2.05, 4.69) is 22.0 Å². The fraction of sp³-hybridized carbons (Fsp3) is 0.231. The molecule has 0 atom stereocenters. The molecule has 0 aromatic carbocycles. The lowest BCUT2D eigenvalue weighted by atomic mass is 10.2. The molecule has 0 radical (unpaired) electrons. The van der Waals surface area contributed by atoms with E-state index in [0.29, 0.717) is 11.0 Å². The fourth-order valence-electron chi connectivity index (χ4n) is 2.15. The average Bonchev–Trinajstić information content (AvgIpc) is 3.20. The summed E-state index contributed by atoms with van der Waals surface area (Å²) in [5.41, 5.74) is 1.34. The normalized spacial score (nSPS) is 10.8. The molecule has 8 nitrogen and oxygen atoms in total. The molecule has 3 aromatic rings. The van der Waals surface area contributed by atoms with Crippen LogP contribution in [0.5, 0.6) is 5.19 Å². The molecule has 0 aliphatic carbocycles. The van der Waals surface area contributed by atoms with Crippen LogP contribution in [-0.4, -0.2) is 29.3 Å². The molecular formula is C13H14N6O2S. The number of rotatable bonds is 5. The largest absolute Gasteiger partial charge is 0.465 e. The molecule has 9 heteroatoms. The van der Waals surface area contributed by atoms with E-state index in [1.807, 2.05) is 18.6 Å². The topological polar surface area (TPSA) is 79.8 Å². The summed E-state index contributed by atoms with van der Waals surface area (Å²) < 4.78 is 9.89. The van der Waals surface area contributed by atoms with E-state index in [9.17, 15) is 4.79 Å². The predicted molar refractivity (Wildman–Crippen MR) is 82.1 cm³/mol. The Morgan fingerprint density at radius 3 is 2.82 bits per heavy atom. The smallest absolute Gasteiger partial charge is 0.369 e. The molecule has 3 aromatic heterocycles. The van der Waals surface area contributed by atoms with Gasteiger partial charge in [0, 0.05) is 43.0 Å². The highest BCUT2D eigenvalue weighted by atomic mass is 32.1. The second-order valence-corrected chi connectivity index (χ2v) is 5.44. The summed E-state index contributed by atoms with van der Waals surface area (Å²) in [7, 11) is 3.38. The molecule has 3 rings (SSSR count). The Bertz CT molecular complexity index is 858. The zero-order valence-corrected chi connectivity index (χ0v) is 12.9. The van der Waals surface area contributed by atoms with Gasteiger partial charge in [-0.2, -0.15) is 4.68 Å². The first-order chi connectivity index (χ1) is 10.6. The first kappa shape index (κ1) is 14.3. The van der Waals surface area contributed by atoms with Crippen molar-refractivity contribution in [1.82, 2.24) is 29.3 Å². The number of hydrogen-bond acceptors (Lipinski definition) is 6. The summed E-state index contributed by atoms with van der Waals surface area (Å²) in [5, 5.41) is 10.0. The van der Waals surface area contributed by atoms with Gasteiger partial charge in [0.15, 0.2) is 0 Å². The van der Waals surface area contributed by atoms with Crippen molar-refractivity contribution in [3.05, 3.63) is 46.0 Å². The second kappa shape index (κ2) is 5.60. The van der Waals surface area contributed by atoms with Crippen molar-refractivity contribution in [2.75, 3.05) is 0 Å². The van der Waals surface area contributed by atoms with E-state index in [1.54, 1.807) is 23.9 Å². The van der Waals surface area contributed by atoms with Crippen LogP contribution >= 0.6 is 11.3 Å². The summed E-state index contributed by atoms with van der Waals surface area (Å²) >= 11 is 1.40. The maximum Gasteiger partial charge on any atom is 0.369 e. The van der Waals surface area contributed by atoms with Gasteiger partial charge in [0.25, 0.3) is 5.19 Å². The van der Waals surface area contributed by atoms with E-state index < -0.39 is 0 Å². The molecule has 22 heavy (non-hydrogen) atoms. The first-order valence-electron chi connectivity index (χ1n) is 6.44. The van der Waals surface area contributed by atoms with Crippen molar-refractivity contribution < 1.29 is 4.74 Å². The lowest BCUT2D eigenvalue weighted by molar-refractivity contribution is 0.303. The Hall–Kier alpha value is -2.68. The Balaban J connectivity index is 2.05. The zero-order valence-electron chi connectivity index (χ0n) is 12.1. The van der Waals surface area contributed by atoms with Gasteiger partial charge in [-0.15, -0.1) is 4.68 Å². The number of hydrogen-bond donors (Lipinski definition) is 0. The molecule has 114 valence electrons. The molecule has 0 saturated heterocycles. The van der Waals surface area contributed by atoms with Crippen LogP contribution in [0.4, 0.5) is 0 Å². The van der Waals surface area contributed by atoms with Gasteiger partial charge in [-0.1, -0.05) is 24.0 Å².